The number of aromatic hydroxyl groups is 1. The molecule has 3 rings (SSSR count). The summed E-state index contributed by atoms with van der Waals surface area (Å²) in [7, 11) is 7.08. The molecule has 0 saturated heterocycles. The lowest BCUT2D eigenvalue weighted by atomic mass is 10.00. The fourth-order valence-corrected chi connectivity index (χ4v) is 3.39. The van der Waals surface area contributed by atoms with Crippen molar-refractivity contribution in [2.24, 2.45) is 0 Å². The average molecular weight is 415 g/mol. The molecule has 2 N–H and O–H groups in total. The number of hydrogen-bond donors (Lipinski definition) is 2. The average Bonchev–Trinajstić information content (AvgIpc) is 3.09. The van der Waals surface area contributed by atoms with Crippen LogP contribution in [0.1, 0.15) is 23.8 Å². The molecule has 1 atom stereocenters. The van der Waals surface area contributed by atoms with Gasteiger partial charge in [-0.25, -0.2) is 0 Å². The van der Waals surface area contributed by atoms with Crippen molar-refractivity contribution < 1.29 is 28.8 Å². The topological polar surface area (TPSA) is 84.5 Å². The molecule has 0 saturated carbocycles. The molecule has 0 spiro atoms. The summed E-state index contributed by atoms with van der Waals surface area (Å²) in [6.07, 6.45) is 1.61. The Morgan fingerprint density at radius 1 is 1.10 bits per heavy atom. The first-order valence-electron chi connectivity index (χ1n) is 9.84. The summed E-state index contributed by atoms with van der Waals surface area (Å²) in [5, 5.41) is 20.5. The number of benzene rings is 1. The van der Waals surface area contributed by atoms with E-state index in [2.05, 4.69) is 0 Å². The molecule has 0 radical (unpaired) electrons. The van der Waals surface area contributed by atoms with Crippen molar-refractivity contribution in [3.8, 4) is 34.1 Å². The van der Waals surface area contributed by atoms with Crippen LogP contribution < -0.4 is 14.2 Å². The molecule has 0 amide bonds. The van der Waals surface area contributed by atoms with Gasteiger partial charge in [0.05, 0.1) is 19.8 Å². The zero-order valence-corrected chi connectivity index (χ0v) is 17.8. The summed E-state index contributed by atoms with van der Waals surface area (Å²) in [4.78, 5) is 2.03. The van der Waals surface area contributed by atoms with Gasteiger partial charge in [0.2, 0.25) is 0 Å². The van der Waals surface area contributed by atoms with Crippen LogP contribution in [0.4, 0.5) is 0 Å². The number of aryl methyl sites for hydroxylation is 1. The molecule has 1 aromatic rings. The summed E-state index contributed by atoms with van der Waals surface area (Å²) >= 11 is 0. The Hall–Kier alpha value is -2.90. The van der Waals surface area contributed by atoms with Crippen molar-refractivity contribution in [3.63, 3.8) is 0 Å². The quantitative estimate of drug-likeness (QED) is 0.522. The van der Waals surface area contributed by atoms with Crippen LogP contribution in [0.2, 0.25) is 0 Å². The van der Waals surface area contributed by atoms with Gasteiger partial charge in [-0.05, 0) is 50.7 Å². The maximum absolute atomic E-state index is 10.9. The van der Waals surface area contributed by atoms with Crippen molar-refractivity contribution in [2.45, 2.75) is 18.9 Å². The zero-order chi connectivity index (χ0) is 21.7. The number of rotatable bonds is 10. The lowest BCUT2D eigenvalue weighted by Crippen LogP contribution is -2.19. The van der Waals surface area contributed by atoms with Crippen LogP contribution in [0.15, 0.2) is 41.0 Å². The van der Waals surface area contributed by atoms with Crippen LogP contribution >= 0.6 is 0 Å². The van der Waals surface area contributed by atoms with E-state index in [0.717, 1.165) is 17.7 Å². The molecule has 7 nitrogen and oxygen atoms in total. The van der Waals surface area contributed by atoms with E-state index in [-0.39, 0.29) is 5.75 Å². The molecule has 1 aliphatic heterocycles. The van der Waals surface area contributed by atoms with Gasteiger partial charge in [0.1, 0.15) is 30.5 Å². The maximum Gasteiger partial charge on any atom is 0.172 e. The number of ether oxygens (including phenoxy) is 3. The third-order valence-electron chi connectivity index (χ3n) is 4.94. The minimum Gasteiger partial charge on any atom is -0.508 e. The van der Waals surface area contributed by atoms with Crippen LogP contribution in [0.25, 0.3) is 11.1 Å². The first-order valence-corrected chi connectivity index (χ1v) is 9.84. The third-order valence-corrected chi connectivity index (χ3v) is 4.94. The SMILES string of the molecule is COc1coc(C(O)CCc2cccc(O)c2)c2c(OC)c(OCCN(C)C)cc1-2. The fourth-order valence-electron chi connectivity index (χ4n) is 3.39. The van der Waals surface area contributed by atoms with Gasteiger partial charge in [-0.2, -0.15) is 0 Å². The largest absolute Gasteiger partial charge is 0.508 e. The Balaban J connectivity index is 1.90. The second-order valence-electron chi connectivity index (χ2n) is 7.37. The molecule has 0 aromatic heterocycles. The highest BCUT2D eigenvalue weighted by Gasteiger charge is 2.30. The van der Waals surface area contributed by atoms with Gasteiger partial charge in [0.25, 0.3) is 0 Å². The summed E-state index contributed by atoms with van der Waals surface area (Å²) < 4.78 is 22.8. The summed E-state index contributed by atoms with van der Waals surface area (Å²) in [5.41, 5.74) is 2.33. The summed E-state index contributed by atoms with van der Waals surface area (Å²) in [6, 6.07) is 8.85. The second kappa shape index (κ2) is 9.73. The summed E-state index contributed by atoms with van der Waals surface area (Å²) in [5.74, 6) is 2.23. The molecule has 30 heavy (non-hydrogen) atoms. The van der Waals surface area contributed by atoms with Gasteiger partial charge in [-0.15, -0.1) is 0 Å². The van der Waals surface area contributed by atoms with Crippen molar-refractivity contribution in [1.29, 1.82) is 0 Å². The molecule has 0 fully saturated rings. The molecule has 1 heterocycles. The minimum atomic E-state index is -0.869. The molecule has 1 aliphatic carbocycles. The molecule has 2 aliphatic rings. The van der Waals surface area contributed by atoms with E-state index in [9.17, 15) is 10.2 Å². The Bertz CT molecular complexity index is 936. The normalized spacial score (nSPS) is 12.3. The number of aliphatic hydroxyl groups is 1. The molecule has 162 valence electrons. The fraction of sp³-hybridized carbons (Fsp3) is 0.391. The van der Waals surface area contributed by atoms with Crippen LogP contribution in [0, 0.1) is 0 Å². The van der Waals surface area contributed by atoms with Crippen molar-refractivity contribution in [1.82, 2.24) is 4.90 Å². The highest BCUT2D eigenvalue weighted by Crippen LogP contribution is 2.51. The van der Waals surface area contributed by atoms with Gasteiger partial charge in [0.15, 0.2) is 17.2 Å². The number of methoxy groups -OCH3 is 2. The van der Waals surface area contributed by atoms with E-state index in [1.165, 1.54) is 6.26 Å². The van der Waals surface area contributed by atoms with Gasteiger partial charge < -0.3 is 33.7 Å². The molecule has 7 heteroatoms. The van der Waals surface area contributed by atoms with E-state index < -0.39 is 6.10 Å². The number of phenols is 1. The Morgan fingerprint density at radius 2 is 1.90 bits per heavy atom. The predicted octanol–water partition coefficient (Wildman–Crippen LogP) is 3.71. The number of likely N-dealkylation sites (N-methyl/N-ethyl adjacent to an activating group) is 1. The molecular formula is C23H29NO6. The molecule has 1 aromatic carbocycles. The Kier molecular flexibility index (Phi) is 7.07. The van der Waals surface area contributed by atoms with Gasteiger partial charge in [-0.1, -0.05) is 12.1 Å². The van der Waals surface area contributed by atoms with Crippen molar-refractivity contribution in [2.75, 3.05) is 41.5 Å². The van der Waals surface area contributed by atoms with Crippen LogP contribution in [0.3, 0.4) is 0 Å². The van der Waals surface area contributed by atoms with Gasteiger partial charge in [-0.3, -0.25) is 0 Å². The minimum absolute atomic E-state index is 0.204. The highest BCUT2D eigenvalue weighted by atomic mass is 16.5. The van der Waals surface area contributed by atoms with Crippen LogP contribution in [-0.2, 0) is 6.42 Å². The van der Waals surface area contributed by atoms with E-state index in [0.29, 0.717) is 48.0 Å². The standard InChI is InChI=1S/C23H29NO6/c1-24(2)10-11-29-19-13-17-20(27-3)14-30-22(21(17)23(19)28-4)18(26)9-8-15-6-5-7-16(25)12-15/h5-7,12-14,18,25-26H,8-11H2,1-4H3. The second-order valence-corrected chi connectivity index (χ2v) is 7.37. The van der Waals surface area contributed by atoms with Crippen LogP contribution in [-0.4, -0.2) is 56.6 Å². The third kappa shape index (κ3) is 4.80. The number of fused-ring (bicyclic) bond motifs is 1. The number of phenolic OH excluding ortho intramolecular Hbond substituents is 1. The van der Waals surface area contributed by atoms with Crippen LogP contribution in [0.5, 0.6) is 23.0 Å². The number of hydrogen-bond acceptors (Lipinski definition) is 7. The van der Waals surface area contributed by atoms with E-state index >= 15 is 0 Å². The lowest BCUT2D eigenvalue weighted by molar-refractivity contribution is 0.138. The monoisotopic (exact) mass is 415 g/mol. The first kappa shape index (κ1) is 21.8. The Labute approximate surface area is 176 Å². The van der Waals surface area contributed by atoms with Gasteiger partial charge in [0, 0.05) is 12.1 Å². The zero-order valence-electron chi connectivity index (χ0n) is 17.8. The van der Waals surface area contributed by atoms with Crippen molar-refractivity contribution in [3.05, 3.63) is 47.9 Å². The Morgan fingerprint density at radius 3 is 2.57 bits per heavy atom. The van der Waals surface area contributed by atoms with E-state index in [1.807, 2.05) is 31.1 Å². The highest BCUT2D eigenvalue weighted by molar-refractivity contribution is 5.85. The first-order chi connectivity index (χ1) is 14.4. The van der Waals surface area contributed by atoms with E-state index in [4.69, 9.17) is 18.6 Å². The number of aliphatic hydroxyl groups excluding tert-OH is 1. The molecular weight excluding hydrogens is 386 g/mol. The summed E-state index contributed by atoms with van der Waals surface area (Å²) in [6.45, 7) is 1.25. The lowest BCUT2D eigenvalue weighted by Gasteiger charge is -2.17. The molecule has 0 bridgehead atoms. The maximum atomic E-state index is 10.9. The smallest absolute Gasteiger partial charge is 0.172 e. The molecule has 1 unspecified atom stereocenters. The van der Waals surface area contributed by atoms with E-state index in [1.54, 1.807) is 32.4 Å². The van der Waals surface area contributed by atoms with Gasteiger partial charge >= 0.3 is 0 Å². The predicted molar refractivity (Wildman–Crippen MR) is 114 cm³/mol. The number of nitrogens with zero attached hydrogens (tertiary/aromatic N) is 1. The van der Waals surface area contributed by atoms with Crippen molar-refractivity contribution >= 4 is 0 Å².